The fraction of sp³-hybridized carbons (Fsp3) is 0.417. The summed E-state index contributed by atoms with van der Waals surface area (Å²) in [5.41, 5.74) is -0.324. The van der Waals surface area contributed by atoms with E-state index in [1.807, 2.05) is 0 Å². The van der Waals surface area contributed by atoms with Crippen LogP contribution in [0, 0.1) is 5.82 Å². The van der Waals surface area contributed by atoms with E-state index in [1.54, 1.807) is 20.9 Å². The smallest absolute Gasteiger partial charge is 0.156 e. The van der Waals surface area contributed by atoms with Gasteiger partial charge in [0.1, 0.15) is 5.82 Å². The first-order chi connectivity index (χ1) is 7.36. The molecular weight excluding hydrogens is 229 g/mol. The summed E-state index contributed by atoms with van der Waals surface area (Å²) in [7, 11) is 1.70. The Morgan fingerprint density at radius 2 is 2.12 bits per heavy atom. The maximum atomic E-state index is 13.4. The predicted octanol–water partition coefficient (Wildman–Crippen LogP) is 2.59. The van der Waals surface area contributed by atoms with Gasteiger partial charge >= 0.3 is 0 Å². The molecule has 0 aliphatic carbocycles. The maximum Gasteiger partial charge on any atom is 0.156 e. The minimum atomic E-state index is -0.658. The fourth-order valence-corrected chi connectivity index (χ4v) is 1.41. The number of likely N-dealkylation sites (N-methyl/N-ethyl adjacent to an activating group) is 1. The molecule has 1 aromatic carbocycles. The molecule has 0 atom stereocenters. The first-order valence-corrected chi connectivity index (χ1v) is 5.41. The SMILES string of the molecule is CNC(C)(C)C(=O)Cc1cc(Cl)ccc1F. The van der Waals surface area contributed by atoms with E-state index >= 15 is 0 Å². The molecular formula is C12H15ClFNO. The number of rotatable bonds is 4. The second-order valence-electron chi connectivity index (χ2n) is 4.21. The van der Waals surface area contributed by atoms with E-state index in [-0.39, 0.29) is 12.2 Å². The van der Waals surface area contributed by atoms with Crippen LogP contribution in [0.4, 0.5) is 4.39 Å². The lowest BCUT2D eigenvalue weighted by atomic mass is 9.94. The molecule has 0 saturated heterocycles. The molecule has 0 amide bonds. The van der Waals surface area contributed by atoms with Crippen LogP contribution in [0.1, 0.15) is 19.4 Å². The summed E-state index contributed by atoms with van der Waals surface area (Å²) in [5, 5.41) is 3.33. The van der Waals surface area contributed by atoms with Crippen molar-refractivity contribution in [1.29, 1.82) is 0 Å². The van der Waals surface area contributed by atoms with Crippen molar-refractivity contribution in [1.82, 2.24) is 5.32 Å². The highest BCUT2D eigenvalue weighted by molar-refractivity contribution is 6.30. The first-order valence-electron chi connectivity index (χ1n) is 5.03. The lowest BCUT2D eigenvalue weighted by Gasteiger charge is -2.22. The van der Waals surface area contributed by atoms with Gasteiger partial charge in [0.25, 0.3) is 0 Å². The molecule has 0 aromatic heterocycles. The molecule has 0 fully saturated rings. The summed E-state index contributed by atoms with van der Waals surface area (Å²) in [6.45, 7) is 3.52. The number of nitrogens with one attached hydrogen (secondary N) is 1. The van der Waals surface area contributed by atoms with Crippen LogP contribution in [0.5, 0.6) is 0 Å². The number of Topliss-reactive ketones (excluding diaryl/α,β-unsaturated/α-hetero) is 1. The lowest BCUT2D eigenvalue weighted by molar-refractivity contribution is -0.123. The number of benzene rings is 1. The van der Waals surface area contributed by atoms with Crippen LogP contribution in [-0.4, -0.2) is 18.4 Å². The molecule has 2 nitrogen and oxygen atoms in total. The average molecular weight is 244 g/mol. The third-order valence-electron chi connectivity index (χ3n) is 2.68. The Balaban J connectivity index is 2.89. The van der Waals surface area contributed by atoms with Crippen LogP contribution in [0.2, 0.25) is 5.02 Å². The van der Waals surface area contributed by atoms with Gasteiger partial charge < -0.3 is 5.32 Å². The second-order valence-corrected chi connectivity index (χ2v) is 4.65. The Morgan fingerprint density at radius 3 is 2.69 bits per heavy atom. The second kappa shape index (κ2) is 4.93. The van der Waals surface area contributed by atoms with E-state index in [4.69, 9.17) is 11.6 Å². The Labute approximate surface area is 99.8 Å². The van der Waals surface area contributed by atoms with Gasteiger partial charge in [-0.15, -0.1) is 0 Å². The first kappa shape index (κ1) is 13.1. The number of hydrogen-bond acceptors (Lipinski definition) is 2. The van der Waals surface area contributed by atoms with Gasteiger partial charge in [0.2, 0.25) is 0 Å². The van der Waals surface area contributed by atoms with Crippen LogP contribution in [0.15, 0.2) is 18.2 Å². The Hall–Kier alpha value is -0.930. The van der Waals surface area contributed by atoms with Crippen molar-refractivity contribution in [2.24, 2.45) is 0 Å². The summed E-state index contributed by atoms with van der Waals surface area (Å²) in [5.74, 6) is -0.471. The minimum Gasteiger partial charge on any atom is -0.308 e. The number of carbonyl (C=O) groups is 1. The molecule has 0 spiro atoms. The molecule has 0 bridgehead atoms. The number of ketones is 1. The third-order valence-corrected chi connectivity index (χ3v) is 2.92. The summed E-state index contributed by atoms with van der Waals surface area (Å²) in [6.07, 6.45) is 0.0419. The van der Waals surface area contributed by atoms with Crippen molar-refractivity contribution < 1.29 is 9.18 Å². The summed E-state index contributed by atoms with van der Waals surface area (Å²) in [6, 6.07) is 4.23. The van der Waals surface area contributed by atoms with Crippen molar-refractivity contribution in [3.63, 3.8) is 0 Å². The Morgan fingerprint density at radius 1 is 1.50 bits per heavy atom. The quantitative estimate of drug-likeness (QED) is 0.881. The van der Waals surface area contributed by atoms with Crippen molar-refractivity contribution in [2.75, 3.05) is 7.05 Å². The Kier molecular flexibility index (Phi) is 4.05. The van der Waals surface area contributed by atoms with Crippen molar-refractivity contribution in [2.45, 2.75) is 25.8 Å². The largest absolute Gasteiger partial charge is 0.308 e. The van der Waals surface area contributed by atoms with Gasteiger partial charge in [0.15, 0.2) is 5.78 Å². The van der Waals surface area contributed by atoms with Gasteiger partial charge in [-0.1, -0.05) is 11.6 Å². The van der Waals surface area contributed by atoms with E-state index in [1.165, 1.54) is 18.2 Å². The van der Waals surface area contributed by atoms with Crippen molar-refractivity contribution in [3.8, 4) is 0 Å². The molecule has 1 aromatic rings. The third kappa shape index (κ3) is 3.03. The van der Waals surface area contributed by atoms with E-state index in [0.29, 0.717) is 10.6 Å². The normalized spacial score (nSPS) is 11.6. The molecule has 0 heterocycles. The Bertz CT molecular complexity index is 404. The predicted molar refractivity (Wildman–Crippen MR) is 63.3 cm³/mol. The summed E-state index contributed by atoms with van der Waals surface area (Å²) < 4.78 is 13.4. The van der Waals surface area contributed by atoms with Gasteiger partial charge in [-0.2, -0.15) is 0 Å². The van der Waals surface area contributed by atoms with E-state index in [0.717, 1.165) is 0 Å². The average Bonchev–Trinajstić information content (AvgIpc) is 2.23. The van der Waals surface area contributed by atoms with Crippen molar-refractivity contribution >= 4 is 17.4 Å². The standard InChI is InChI=1S/C12H15ClFNO/c1-12(2,15-3)11(16)7-8-6-9(13)4-5-10(8)14/h4-6,15H,7H2,1-3H3. The number of halogens is 2. The zero-order valence-electron chi connectivity index (χ0n) is 9.60. The van der Waals surface area contributed by atoms with Gasteiger partial charge in [-0.05, 0) is 44.7 Å². The van der Waals surface area contributed by atoms with Crippen LogP contribution >= 0.6 is 11.6 Å². The van der Waals surface area contributed by atoms with E-state index in [2.05, 4.69) is 5.32 Å². The zero-order valence-corrected chi connectivity index (χ0v) is 10.4. The highest BCUT2D eigenvalue weighted by Crippen LogP contribution is 2.17. The molecule has 1 N–H and O–H groups in total. The fourth-order valence-electron chi connectivity index (χ4n) is 1.21. The highest BCUT2D eigenvalue weighted by Gasteiger charge is 2.25. The maximum absolute atomic E-state index is 13.4. The molecule has 1 rings (SSSR count). The van der Waals surface area contributed by atoms with E-state index in [9.17, 15) is 9.18 Å². The van der Waals surface area contributed by atoms with Crippen LogP contribution in [-0.2, 0) is 11.2 Å². The van der Waals surface area contributed by atoms with Crippen LogP contribution < -0.4 is 5.32 Å². The lowest BCUT2D eigenvalue weighted by Crippen LogP contribution is -2.45. The molecule has 16 heavy (non-hydrogen) atoms. The molecule has 88 valence electrons. The summed E-state index contributed by atoms with van der Waals surface area (Å²) >= 11 is 5.75. The van der Waals surface area contributed by atoms with Gasteiger partial charge in [-0.25, -0.2) is 4.39 Å². The number of hydrogen-bond donors (Lipinski definition) is 1. The molecule has 0 aliphatic heterocycles. The summed E-state index contributed by atoms with van der Waals surface area (Å²) in [4.78, 5) is 11.9. The molecule has 0 unspecified atom stereocenters. The minimum absolute atomic E-state index is 0.0419. The molecule has 0 aliphatic rings. The molecule has 0 saturated carbocycles. The number of carbonyl (C=O) groups excluding carboxylic acids is 1. The zero-order chi connectivity index (χ0) is 12.3. The monoisotopic (exact) mass is 243 g/mol. The van der Waals surface area contributed by atoms with Crippen molar-refractivity contribution in [3.05, 3.63) is 34.6 Å². The van der Waals surface area contributed by atoms with Gasteiger partial charge in [0.05, 0.1) is 5.54 Å². The highest BCUT2D eigenvalue weighted by atomic mass is 35.5. The van der Waals surface area contributed by atoms with E-state index < -0.39 is 11.4 Å². The molecule has 4 heteroatoms. The van der Waals surface area contributed by atoms with Crippen LogP contribution in [0.25, 0.3) is 0 Å². The molecule has 0 radical (unpaired) electrons. The van der Waals surface area contributed by atoms with Gasteiger partial charge in [0, 0.05) is 11.4 Å². The van der Waals surface area contributed by atoms with Crippen LogP contribution in [0.3, 0.4) is 0 Å². The topological polar surface area (TPSA) is 29.1 Å². The van der Waals surface area contributed by atoms with Gasteiger partial charge in [-0.3, -0.25) is 4.79 Å².